The van der Waals surface area contributed by atoms with Crippen molar-refractivity contribution < 1.29 is 0 Å². The Hall–Kier alpha value is -1.39. The number of nitriles is 2. The average Bonchev–Trinajstić information content (AvgIpc) is 2.01. The minimum absolute atomic E-state index is 0.0431. The predicted octanol–water partition coefficient (Wildman–Crippen LogP) is 0.951. The van der Waals surface area contributed by atoms with Crippen LogP contribution in [0.25, 0.3) is 0 Å². The average molecular weight is 165 g/mol. The van der Waals surface area contributed by atoms with E-state index < -0.39 is 0 Å². The van der Waals surface area contributed by atoms with E-state index in [4.69, 9.17) is 10.5 Å². The second-order valence-corrected chi connectivity index (χ2v) is 2.16. The van der Waals surface area contributed by atoms with E-state index in [1.165, 1.54) is 6.08 Å². The van der Waals surface area contributed by atoms with Gasteiger partial charge in [0.05, 0.1) is 0 Å². The number of allylic oxidation sites excluding steroid dienone is 2. The monoisotopic (exact) mass is 165 g/mol. The van der Waals surface area contributed by atoms with Crippen molar-refractivity contribution in [3.8, 4) is 12.1 Å². The van der Waals surface area contributed by atoms with Gasteiger partial charge in [-0.1, -0.05) is 0 Å². The molecule has 3 nitrogen and oxygen atoms in total. The number of thiol groups is 1. The van der Waals surface area contributed by atoms with E-state index in [9.17, 15) is 0 Å². The van der Waals surface area contributed by atoms with Crippen molar-refractivity contribution >= 4 is 12.6 Å². The molecular weight excluding hydrogens is 158 g/mol. The van der Waals surface area contributed by atoms with Crippen LogP contribution in [0.5, 0.6) is 0 Å². The van der Waals surface area contributed by atoms with Crippen molar-refractivity contribution in [1.29, 1.82) is 10.5 Å². The topological polar surface area (TPSA) is 59.6 Å². The number of hydrogen-bond acceptors (Lipinski definition) is 4. The van der Waals surface area contributed by atoms with Crippen molar-refractivity contribution in [3.05, 3.63) is 22.8 Å². The summed E-state index contributed by atoms with van der Waals surface area (Å²) in [7, 11) is 1.71. The first kappa shape index (κ1) is 9.61. The first-order valence-corrected chi connectivity index (χ1v) is 3.27. The smallest absolute Gasteiger partial charge is 0.130 e. The molecule has 1 N–H and O–H groups in total. The third kappa shape index (κ3) is 4.07. The van der Waals surface area contributed by atoms with Crippen LogP contribution in [-0.4, -0.2) is 7.05 Å². The van der Waals surface area contributed by atoms with Crippen molar-refractivity contribution in [3.63, 3.8) is 0 Å². The Kier molecular flexibility index (Phi) is 4.72. The molecule has 0 atom stereocenters. The zero-order chi connectivity index (χ0) is 8.69. The molecule has 0 amide bonds. The normalized spacial score (nSPS) is 9.27. The molecule has 0 radical (unpaired) electrons. The predicted molar refractivity (Wildman–Crippen MR) is 45.4 cm³/mol. The molecule has 0 aliphatic rings. The Balaban J connectivity index is 4.46. The number of hydrogen-bond donors (Lipinski definition) is 2. The first-order valence-electron chi connectivity index (χ1n) is 2.83. The van der Waals surface area contributed by atoms with Crippen molar-refractivity contribution in [2.75, 3.05) is 7.05 Å². The zero-order valence-corrected chi connectivity index (χ0v) is 6.89. The lowest BCUT2D eigenvalue weighted by Crippen LogP contribution is -1.92. The van der Waals surface area contributed by atoms with E-state index in [2.05, 4.69) is 17.9 Å². The van der Waals surface area contributed by atoms with E-state index in [1.807, 2.05) is 0 Å². The van der Waals surface area contributed by atoms with Crippen LogP contribution in [0.15, 0.2) is 22.8 Å². The standard InChI is InChI=1S/C7H7N3S/c1-10-5-7(11)2-6(3-8)4-9/h2,5,10-11H,1H3/b7-5-. The molecule has 0 rings (SSSR count). The first-order chi connectivity index (χ1) is 5.24. The van der Waals surface area contributed by atoms with Gasteiger partial charge in [0, 0.05) is 18.2 Å². The maximum atomic E-state index is 8.32. The van der Waals surface area contributed by atoms with Crippen LogP contribution in [0, 0.1) is 22.7 Å². The minimum atomic E-state index is 0.0431. The number of nitrogens with zero attached hydrogens (tertiary/aromatic N) is 2. The summed E-state index contributed by atoms with van der Waals surface area (Å²) < 4.78 is 0. The fraction of sp³-hybridized carbons (Fsp3) is 0.143. The van der Waals surface area contributed by atoms with Crippen molar-refractivity contribution in [2.24, 2.45) is 0 Å². The van der Waals surface area contributed by atoms with Gasteiger partial charge in [0.2, 0.25) is 0 Å². The molecule has 0 aromatic rings. The Morgan fingerprint density at radius 1 is 1.45 bits per heavy atom. The molecule has 0 saturated heterocycles. The summed E-state index contributed by atoms with van der Waals surface area (Å²) in [6, 6.07) is 3.45. The lowest BCUT2D eigenvalue weighted by atomic mass is 10.3. The Labute approximate surface area is 71.0 Å². The highest BCUT2D eigenvalue weighted by Gasteiger charge is 1.90. The van der Waals surface area contributed by atoms with Crippen LogP contribution in [-0.2, 0) is 0 Å². The molecule has 0 aliphatic heterocycles. The van der Waals surface area contributed by atoms with Gasteiger partial charge in [0.1, 0.15) is 17.7 Å². The molecule has 0 spiro atoms. The molecule has 0 heterocycles. The van der Waals surface area contributed by atoms with Crippen LogP contribution in [0.2, 0.25) is 0 Å². The summed E-state index contributed by atoms with van der Waals surface area (Å²) in [5.74, 6) is 0. The fourth-order valence-electron chi connectivity index (χ4n) is 0.427. The van der Waals surface area contributed by atoms with Gasteiger partial charge in [-0.05, 0) is 6.08 Å². The lowest BCUT2D eigenvalue weighted by Gasteiger charge is -1.89. The molecule has 11 heavy (non-hydrogen) atoms. The van der Waals surface area contributed by atoms with Crippen LogP contribution in [0.4, 0.5) is 0 Å². The molecule has 0 saturated carbocycles. The van der Waals surface area contributed by atoms with Gasteiger partial charge >= 0.3 is 0 Å². The van der Waals surface area contributed by atoms with Gasteiger partial charge < -0.3 is 5.32 Å². The molecule has 56 valence electrons. The number of rotatable bonds is 2. The summed E-state index contributed by atoms with van der Waals surface area (Å²) in [6.45, 7) is 0. The molecule has 0 bridgehead atoms. The Bertz CT molecular complexity index is 248. The highest BCUT2D eigenvalue weighted by Crippen LogP contribution is 2.03. The largest absolute Gasteiger partial charge is 0.393 e. The van der Waals surface area contributed by atoms with Gasteiger partial charge in [-0.2, -0.15) is 10.5 Å². The minimum Gasteiger partial charge on any atom is -0.393 e. The highest BCUT2D eigenvalue weighted by atomic mass is 32.1. The number of nitrogens with one attached hydrogen (secondary N) is 1. The Morgan fingerprint density at radius 3 is 2.36 bits per heavy atom. The molecule has 4 heteroatoms. The van der Waals surface area contributed by atoms with Crippen LogP contribution in [0.3, 0.4) is 0 Å². The molecular formula is C7H7N3S. The SMILES string of the molecule is CN/C=C(\S)C=C(C#N)C#N. The maximum Gasteiger partial charge on any atom is 0.130 e. The quantitative estimate of drug-likeness (QED) is 0.364. The van der Waals surface area contributed by atoms with Gasteiger partial charge in [0.25, 0.3) is 0 Å². The second kappa shape index (κ2) is 5.40. The van der Waals surface area contributed by atoms with Gasteiger partial charge in [-0.3, -0.25) is 0 Å². The van der Waals surface area contributed by atoms with Gasteiger partial charge in [-0.25, -0.2) is 0 Å². The van der Waals surface area contributed by atoms with E-state index in [1.54, 1.807) is 25.4 Å². The van der Waals surface area contributed by atoms with Gasteiger partial charge in [-0.15, -0.1) is 12.6 Å². The van der Waals surface area contributed by atoms with E-state index in [0.717, 1.165) is 0 Å². The molecule has 0 fully saturated rings. The lowest BCUT2D eigenvalue weighted by molar-refractivity contribution is 1.10. The van der Waals surface area contributed by atoms with Crippen molar-refractivity contribution in [1.82, 2.24) is 5.32 Å². The summed E-state index contributed by atoms with van der Waals surface area (Å²) in [5, 5.41) is 19.4. The molecule has 0 aliphatic carbocycles. The molecule has 0 unspecified atom stereocenters. The van der Waals surface area contributed by atoms with E-state index >= 15 is 0 Å². The summed E-state index contributed by atoms with van der Waals surface area (Å²) >= 11 is 3.98. The van der Waals surface area contributed by atoms with Crippen LogP contribution >= 0.6 is 12.6 Å². The molecule has 0 aromatic heterocycles. The van der Waals surface area contributed by atoms with Crippen LogP contribution < -0.4 is 5.32 Å². The fourth-order valence-corrected chi connectivity index (χ4v) is 0.685. The van der Waals surface area contributed by atoms with Gasteiger partial charge in [0.15, 0.2) is 0 Å². The summed E-state index contributed by atoms with van der Waals surface area (Å²) in [6.07, 6.45) is 2.97. The highest BCUT2D eigenvalue weighted by molar-refractivity contribution is 7.84. The third-order valence-corrected chi connectivity index (χ3v) is 1.08. The zero-order valence-electron chi connectivity index (χ0n) is 6.00. The summed E-state index contributed by atoms with van der Waals surface area (Å²) in [5.41, 5.74) is 0.0431. The summed E-state index contributed by atoms with van der Waals surface area (Å²) in [4.78, 5) is 0.547. The van der Waals surface area contributed by atoms with Crippen molar-refractivity contribution in [2.45, 2.75) is 0 Å². The Morgan fingerprint density at radius 2 is 2.00 bits per heavy atom. The third-order valence-electron chi connectivity index (χ3n) is 0.825. The molecule has 0 aromatic carbocycles. The van der Waals surface area contributed by atoms with Crippen LogP contribution in [0.1, 0.15) is 0 Å². The van der Waals surface area contributed by atoms with E-state index in [-0.39, 0.29) is 5.57 Å². The second-order valence-electron chi connectivity index (χ2n) is 1.64. The maximum absolute atomic E-state index is 8.32. The van der Waals surface area contributed by atoms with E-state index in [0.29, 0.717) is 4.91 Å².